The minimum absolute atomic E-state index is 0.165. The van der Waals surface area contributed by atoms with Gasteiger partial charge in [-0.1, -0.05) is 22.0 Å². The Morgan fingerprint density at radius 3 is 3.00 bits per heavy atom. The van der Waals surface area contributed by atoms with E-state index < -0.39 is 0 Å². The molecular weight excluding hydrogens is 268 g/mol. The molecule has 82 valence electrons. The van der Waals surface area contributed by atoms with Gasteiger partial charge in [0.05, 0.1) is 17.7 Å². The van der Waals surface area contributed by atoms with Crippen LogP contribution in [0.4, 0.5) is 0 Å². The van der Waals surface area contributed by atoms with Gasteiger partial charge in [-0.05, 0) is 25.1 Å². The molecule has 0 spiro atoms. The van der Waals surface area contributed by atoms with Crippen LogP contribution in [0.5, 0.6) is 0 Å². The monoisotopic (exact) mass is 278 g/mol. The van der Waals surface area contributed by atoms with E-state index in [9.17, 15) is 0 Å². The molecule has 4 heteroatoms. The second kappa shape index (κ2) is 4.61. The molecule has 0 aliphatic rings. The van der Waals surface area contributed by atoms with Gasteiger partial charge in [0.2, 0.25) is 5.90 Å². The predicted molar refractivity (Wildman–Crippen MR) is 67.9 cm³/mol. The van der Waals surface area contributed by atoms with Crippen LogP contribution in [0.1, 0.15) is 12.5 Å². The molecule has 0 saturated carbocycles. The number of fused-ring (bicyclic) bond motifs is 1. The first-order valence-corrected chi connectivity index (χ1v) is 5.78. The lowest BCUT2D eigenvalue weighted by Crippen LogP contribution is -2.06. The van der Waals surface area contributed by atoms with E-state index in [1.54, 1.807) is 6.20 Å². The summed E-state index contributed by atoms with van der Waals surface area (Å²) in [5, 5.41) is 8.79. The molecule has 2 aromatic rings. The summed E-state index contributed by atoms with van der Waals surface area (Å²) in [7, 11) is 0. The minimum Gasteiger partial charge on any atom is -0.478 e. The number of rotatable bonds is 2. The minimum atomic E-state index is 0.165. The molecule has 0 saturated heterocycles. The maximum Gasteiger partial charge on any atom is 0.215 e. The fourth-order valence-electron chi connectivity index (χ4n) is 1.54. The van der Waals surface area contributed by atoms with E-state index in [1.807, 2.05) is 31.2 Å². The summed E-state index contributed by atoms with van der Waals surface area (Å²) < 4.78 is 6.18. The molecule has 0 unspecified atom stereocenters. The average molecular weight is 279 g/mol. The van der Waals surface area contributed by atoms with Gasteiger partial charge in [0.15, 0.2) is 0 Å². The van der Waals surface area contributed by atoms with Gasteiger partial charge in [0, 0.05) is 16.1 Å². The quantitative estimate of drug-likeness (QED) is 0.676. The van der Waals surface area contributed by atoms with Gasteiger partial charge < -0.3 is 4.74 Å². The number of aromatic nitrogens is 1. The SMILES string of the molecule is CCOC(=N)c1ccc(Br)c2cccnc12. The molecule has 1 aromatic heterocycles. The van der Waals surface area contributed by atoms with E-state index in [0.717, 1.165) is 20.9 Å². The van der Waals surface area contributed by atoms with E-state index in [1.165, 1.54) is 0 Å². The zero-order valence-corrected chi connectivity index (χ0v) is 10.4. The molecule has 0 aliphatic heterocycles. The first kappa shape index (κ1) is 11.1. The fraction of sp³-hybridized carbons (Fsp3) is 0.167. The Kier molecular flexibility index (Phi) is 3.19. The molecule has 16 heavy (non-hydrogen) atoms. The van der Waals surface area contributed by atoms with Crippen molar-refractivity contribution in [3.05, 3.63) is 40.5 Å². The van der Waals surface area contributed by atoms with Gasteiger partial charge in [0.1, 0.15) is 0 Å². The summed E-state index contributed by atoms with van der Waals surface area (Å²) in [6.07, 6.45) is 1.72. The molecule has 0 amide bonds. The van der Waals surface area contributed by atoms with E-state index in [4.69, 9.17) is 10.1 Å². The average Bonchev–Trinajstić information content (AvgIpc) is 2.30. The number of halogens is 1. The maximum atomic E-state index is 7.80. The van der Waals surface area contributed by atoms with Crippen LogP contribution in [-0.4, -0.2) is 17.5 Å². The molecule has 0 fully saturated rings. The lowest BCUT2D eigenvalue weighted by molar-refractivity contribution is 0.326. The van der Waals surface area contributed by atoms with Gasteiger partial charge in [-0.3, -0.25) is 10.4 Å². The van der Waals surface area contributed by atoms with Crippen LogP contribution in [0.15, 0.2) is 34.9 Å². The molecule has 1 N–H and O–H groups in total. The molecule has 1 heterocycles. The van der Waals surface area contributed by atoms with Crippen molar-refractivity contribution < 1.29 is 4.74 Å². The Hall–Kier alpha value is -1.42. The van der Waals surface area contributed by atoms with Gasteiger partial charge in [-0.25, -0.2) is 0 Å². The van der Waals surface area contributed by atoms with Crippen molar-refractivity contribution >= 4 is 32.7 Å². The Morgan fingerprint density at radius 2 is 2.25 bits per heavy atom. The predicted octanol–water partition coefficient (Wildman–Crippen LogP) is 3.36. The molecule has 3 nitrogen and oxygen atoms in total. The highest BCUT2D eigenvalue weighted by Gasteiger charge is 2.10. The van der Waals surface area contributed by atoms with E-state index in [0.29, 0.717) is 6.61 Å². The Labute approximate surface area is 102 Å². The van der Waals surface area contributed by atoms with Crippen molar-refractivity contribution in [2.75, 3.05) is 6.61 Å². The third-order valence-corrected chi connectivity index (χ3v) is 2.94. The van der Waals surface area contributed by atoms with Crippen molar-refractivity contribution in [2.24, 2.45) is 0 Å². The van der Waals surface area contributed by atoms with Crippen molar-refractivity contribution in [2.45, 2.75) is 6.92 Å². The van der Waals surface area contributed by atoms with Crippen LogP contribution in [-0.2, 0) is 4.74 Å². The summed E-state index contributed by atoms with van der Waals surface area (Å²) in [6.45, 7) is 2.35. The molecule has 0 radical (unpaired) electrons. The number of hydrogen-bond donors (Lipinski definition) is 1. The van der Waals surface area contributed by atoms with Gasteiger partial charge >= 0.3 is 0 Å². The van der Waals surface area contributed by atoms with E-state index in [2.05, 4.69) is 20.9 Å². The first-order chi connectivity index (χ1) is 7.74. The van der Waals surface area contributed by atoms with Crippen LogP contribution in [0.25, 0.3) is 10.9 Å². The Bertz CT molecular complexity index is 540. The summed E-state index contributed by atoms with van der Waals surface area (Å²) in [4.78, 5) is 4.29. The van der Waals surface area contributed by atoms with Crippen LogP contribution in [0, 0.1) is 5.41 Å². The number of ether oxygens (including phenoxy) is 1. The molecule has 0 aliphatic carbocycles. The van der Waals surface area contributed by atoms with Crippen molar-refractivity contribution in [3.8, 4) is 0 Å². The maximum absolute atomic E-state index is 7.80. The first-order valence-electron chi connectivity index (χ1n) is 4.99. The molecular formula is C12H11BrN2O. The molecule has 0 bridgehead atoms. The third kappa shape index (κ3) is 1.93. The van der Waals surface area contributed by atoms with Crippen molar-refractivity contribution in [1.29, 1.82) is 5.41 Å². The van der Waals surface area contributed by atoms with Crippen molar-refractivity contribution in [3.63, 3.8) is 0 Å². The van der Waals surface area contributed by atoms with Gasteiger partial charge in [0.25, 0.3) is 0 Å². The Balaban J connectivity index is 2.63. The van der Waals surface area contributed by atoms with Crippen LogP contribution >= 0.6 is 15.9 Å². The number of pyridine rings is 1. The normalized spacial score (nSPS) is 10.4. The lowest BCUT2D eigenvalue weighted by atomic mass is 10.1. The number of hydrogen-bond acceptors (Lipinski definition) is 3. The highest BCUT2D eigenvalue weighted by molar-refractivity contribution is 9.10. The lowest BCUT2D eigenvalue weighted by Gasteiger charge is -2.08. The highest BCUT2D eigenvalue weighted by atomic mass is 79.9. The smallest absolute Gasteiger partial charge is 0.215 e. The van der Waals surface area contributed by atoms with Crippen LogP contribution < -0.4 is 0 Å². The van der Waals surface area contributed by atoms with Gasteiger partial charge in [-0.2, -0.15) is 0 Å². The Morgan fingerprint density at radius 1 is 1.44 bits per heavy atom. The number of nitrogens with zero attached hydrogens (tertiary/aromatic N) is 1. The standard InChI is InChI=1S/C12H11BrN2O/c1-2-16-12(14)9-5-6-10(13)8-4-3-7-15-11(8)9/h3-7,14H,2H2,1H3. The van der Waals surface area contributed by atoms with Crippen LogP contribution in [0.2, 0.25) is 0 Å². The second-order valence-electron chi connectivity index (χ2n) is 3.26. The summed E-state index contributed by atoms with van der Waals surface area (Å²) >= 11 is 3.47. The number of nitrogens with one attached hydrogen (secondary N) is 1. The highest BCUT2D eigenvalue weighted by Crippen LogP contribution is 2.25. The topological polar surface area (TPSA) is 46.0 Å². The van der Waals surface area contributed by atoms with Crippen LogP contribution in [0.3, 0.4) is 0 Å². The number of benzene rings is 1. The molecule has 0 atom stereocenters. The molecule has 1 aromatic carbocycles. The van der Waals surface area contributed by atoms with E-state index >= 15 is 0 Å². The third-order valence-electron chi connectivity index (χ3n) is 2.25. The van der Waals surface area contributed by atoms with E-state index in [-0.39, 0.29) is 5.90 Å². The fourth-order valence-corrected chi connectivity index (χ4v) is 2.00. The summed E-state index contributed by atoms with van der Waals surface area (Å²) in [5.74, 6) is 0.165. The summed E-state index contributed by atoms with van der Waals surface area (Å²) in [5.41, 5.74) is 1.51. The molecule has 2 rings (SSSR count). The largest absolute Gasteiger partial charge is 0.478 e. The summed E-state index contributed by atoms with van der Waals surface area (Å²) in [6, 6.07) is 7.60. The van der Waals surface area contributed by atoms with Crippen molar-refractivity contribution in [1.82, 2.24) is 4.98 Å². The zero-order chi connectivity index (χ0) is 11.5. The van der Waals surface area contributed by atoms with Gasteiger partial charge in [-0.15, -0.1) is 0 Å². The zero-order valence-electron chi connectivity index (χ0n) is 8.83. The second-order valence-corrected chi connectivity index (χ2v) is 4.11.